The molecule has 0 aromatic heterocycles. The highest BCUT2D eigenvalue weighted by atomic mass is 16.5. The van der Waals surface area contributed by atoms with Gasteiger partial charge in [-0.15, -0.1) is 0 Å². The van der Waals surface area contributed by atoms with E-state index in [-0.39, 0.29) is 24.1 Å². The van der Waals surface area contributed by atoms with Gasteiger partial charge in [-0.1, -0.05) is 37.3 Å². The van der Waals surface area contributed by atoms with E-state index in [2.05, 4.69) is 0 Å². The molecule has 24 heavy (non-hydrogen) atoms. The van der Waals surface area contributed by atoms with E-state index >= 15 is 0 Å². The van der Waals surface area contributed by atoms with Crippen LogP contribution in [0.4, 0.5) is 0 Å². The van der Waals surface area contributed by atoms with Crippen molar-refractivity contribution >= 4 is 11.9 Å². The Hall–Kier alpha value is -2.82. The zero-order chi connectivity index (χ0) is 17.5. The fourth-order valence-corrected chi connectivity index (χ4v) is 2.25. The lowest BCUT2D eigenvalue weighted by atomic mass is 10.0. The second-order valence-electron chi connectivity index (χ2n) is 5.52. The van der Waals surface area contributed by atoms with Crippen LogP contribution >= 0.6 is 0 Å². The van der Waals surface area contributed by atoms with E-state index in [1.54, 1.807) is 24.3 Å². The number of esters is 1. The van der Waals surface area contributed by atoms with Gasteiger partial charge in [-0.3, -0.25) is 4.79 Å². The first-order chi connectivity index (χ1) is 11.5. The predicted molar refractivity (Wildman–Crippen MR) is 89.2 cm³/mol. The van der Waals surface area contributed by atoms with Gasteiger partial charge >= 0.3 is 11.9 Å². The van der Waals surface area contributed by atoms with Crippen LogP contribution in [0.3, 0.4) is 0 Å². The summed E-state index contributed by atoms with van der Waals surface area (Å²) in [7, 11) is 0. The fourth-order valence-electron chi connectivity index (χ4n) is 2.25. The minimum Gasteiger partial charge on any atom is -0.489 e. The Morgan fingerprint density at radius 2 is 1.75 bits per heavy atom. The monoisotopic (exact) mass is 328 g/mol. The SMILES string of the molecule is CC(=O)OCC(C)c1ccc(OCc2ccccc2C(=O)O)cc1. The van der Waals surface area contributed by atoms with E-state index in [1.807, 2.05) is 31.2 Å². The van der Waals surface area contributed by atoms with E-state index in [4.69, 9.17) is 14.6 Å². The van der Waals surface area contributed by atoms with Crippen molar-refractivity contribution in [3.63, 3.8) is 0 Å². The van der Waals surface area contributed by atoms with E-state index in [9.17, 15) is 9.59 Å². The molecule has 2 aromatic rings. The lowest BCUT2D eigenvalue weighted by molar-refractivity contribution is -0.141. The van der Waals surface area contributed by atoms with Crippen LogP contribution in [0.15, 0.2) is 48.5 Å². The molecule has 0 aliphatic carbocycles. The molecule has 1 atom stereocenters. The summed E-state index contributed by atoms with van der Waals surface area (Å²) in [5, 5.41) is 9.16. The molecule has 1 N–H and O–H groups in total. The summed E-state index contributed by atoms with van der Waals surface area (Å²) < 4.78 is 10.7. The van der Waals surface area contributed by atoms with Gasteiger partial charge in [-0.2, -0.15) is 0 Å². The number of hydrogen-bond donors (Lipinski definition) is 1. The van der Waals surface area contributed by atoms with Crippen molar-refractivity contribution in [2.24, 2.45) is 0 Å². The van der Waals surface area contributed by atoms with Crippen LogP contribution in [0.2, 0.25) is 0 Å². The summed E-state index contributed by atoms with van der Waals surface area (Å²) in [6.45, 7) is 3.88. The van der Waals surface area contributed by atoms with Crippen LogP contribution in [0.1, 0.15) is 41.3 Å². The second kappa shape index (κ2) is 8.15. The smallest absolute Gasteiger partial charge is 0.336 e. The summed E-state index contributed by atoms with van der Waals surface area (Å²) in [5.41, 5.74) is 1.90. The molecular weight excluding hydrogens is 308 g/mol. The van der Waals surface area contributed by atoms with Crippen molar-refractivity contribution < 1.29 is 24.2 Å². The molecule has 5 nitrogen and oxygen atoms in total. The number of rotatable bonds is 7. The summed E-state index contributed by atoms with van der Waals surface area (Å²) in [5.74, 6) is -0.517. The number of carboxylic acids is 1. The van der Waals surface area contributed by atoms with Crippen molar-refractivity contribution in [3.05, 3.63) is 65.2 Å². The molecule has 2 aromatic carbocycles. The molecule has 0 saturated heterocycles. The Bertz CT molecular complexity index is 706. The van der Waals surface area contributed by atoms with Crippen LogP contribution in [-0.2, 0) is 16.1 Å². The number of ether oxygens (including phenoxy) is 2. The number of carbonyl (C=O) groups excluding carboxylic acids is 1. The Kier molecular flexibility index (Phi) is 5.95. The molecule has 0 heterocycles. The van der Waals surface area contributed by atoms with Crippen LogP contribution in [-0.4, -0.2) is 23.7 Å². The zero-order valence-corrected chi connectivity index (χ0v) is 13.7. The zero-order valence-electron chi connectivity index (χ0n) is 13.7. The van der Waals surface area contributed by atoms with Crippen LogP contribution < -0.4 is 4.74 Å². The quantitative estimate of drug-likeness (QED) is 0.786. The maximum Gasteiger partial charge on any atom is 0.336 e. The molecule has 0 aliphatic rings. The Morgan fingerprint density at radius 1 is 1.08 bits per heavy atom. The molecular formula is C19H20O5. The van der Waals surface area contributed by atoms with Gasteiger partial charge in [0.05, 0.1) is 12.2 Å². The van der Waals surface area contributed by atoms with Gasteiger partial charge in [-0.25, -0.2) is 4.79 Å². The number of hydrogen-bond acceptors (Lipinski definition) is 4. The molecule has 126 valence electrons. The van der Waals surface area contributed by atoms with Crippen molar-refractivity contribution in [3.8, 4) is 5.75 Å². The number of benzene rings is 2. The molecule has 1 unspecified atom stereocenters. The van der Waals surface area contributed by atoms with E-state index in [0.717, 1.165) is 5.56 Å². The van der Waals surface area contributed by atoms with Gasteiger partial charge in [0.15, 0.2) is 0 Å². The third-order valence-electron chi connectivity index (χ3n) is 3.63. The van der Waals surface area contributed by atoms with Gasteiger partial charge < -0.3 is 14.6 Å². The highest BCUT2D eigenvalue weighted by molar-refractivity contribution is 5.89. The lowest BCUT2D eigenvalue weighted by Gasteiger charge is -2.13. The first-order valence-electron chi connectivity index (χ1n) is 7.64. The van der Waals surface area contributed by atoms with Crippen molar-refractivity contribution in [2.45, 2.75) is 26.4 Å². The molecule has 0 radical (unpaired) electrons. The topological polar surface area (TPSA) is 72.8 Å². The average Bonchev–Trinajstić information content (AvgIpc) is 2.58. The standard InChI is InChI=1S/C19H20O5/c1-13(11-23-14(2)20)15-7-9-17(10-8-15)24-12-16-5-3-4-6-18(16)19(21)22/h3-10,13H,11-12H2,1-2H3,(H,21,22). The molecule has 2 rings (SSSR count). The number of aromatic carboxylic acids is 1. The summed E-state index contributed by atoms with van der Waals surface area (Å²) in [6.07, 6.45) is 0. The Balaban J connectivity index is 1.97. The summed E-state index contributed by atoms with van der Waals surface area (Å²) in [4.78, 5) is 22.0. The van der Waals surface area contributed by atoms with Crippen molar-refractivity contribution in [1.29, 1.82) is 0 Å². The highest BCUT2D eigenvalue weighted by Gasteiger charge is 2.10. The maximum absolute atomic E-state index is 11.2. The summed E-state index contributed by atoms with van der Waals surface area (Å²) in [6, 6.07) is 14.2. The van der Waals surface area contributed by atoms with Crippen LogP contribution in [0, 0.1) is 0 Å². The molecule has 0 fully saturated rings. The van der Waals surface area contributed by atoms with Gasteiger partial charge in [0.2, 0.25) is 0 Å². The van der Waals surface area contributed by atoms with Gasteiger partial charge in [0.25, 0.3) is 0 Å². The fraction of sp³-hybridized carbons (Fsp3) is 0.263. The van der Waals surface area contributed by atoms with Crippen molar-refractivity contribution in [1.82, 2.24) is 0 Å². The number of carbonyl (C=O) groups is 2. The predicted octanol–water partition coefficient (Wildman–Crippen LogP) is 3.63. The van der Waals surface area contributed by atoms with Crippen LogP contribution in [0.5, 0.6) is 5.75 Å². The second-order valence-corrected chi connectivity index (χ2v) is 5.52. The van der Waals surface area contributed by atoms with E-state index in [0.29, 0.717) is 17.9 Å². The molecule has 0 spiro atoms. The molecule has 0 saturated carbocycles. The largest absolute Gasteiger partial charge is 0.489 e. The van der Waals surface area contributed by atoms with Gasteiger partial charge in [0, 0.05) is 18.4 Å². The highest BCUT2D eigenvalue weighted by Crippen LogP contribution is 2.21. The third-order valence-corrected chi connectivity index (χ3v) is 3.63. The minimum atomic E-state index is -0.969. The van der Waals surface area contributed by atoms with Gasteiger partial charge in [0.1, 0.15) is 12.4 Å². The average molecular weight is 328 g/mol. The van der Waals surface area contributed by atoms with E-state index < -0.39 is 5.97 Å². The Labute approximate surface area is 140 Å². The maximum atomic E-state index is 11.2. The van der Waals surface area contributed by atoms with E-state index in [1.165, 1.54) is 6.92 Å². The molecule has 0 aliphatic heterocycles. The third kappa shape index (κ3) is 4.84. The van der Waals surface area contributed by atoms with Gasteiger partial charge in [-0.05, 0) is 23.8 Å². The summed E-state index contributed by atoms with van der Waals surface area (Å²) >= 11 is 0. The molecule has 0 amide bonds. The molecule has 0 bridgehead atoms. The van der Waals surface area contributed by atoms with Crippen molar-refractivity contribution in [2.75, 3.05) is 6.61 Å². The lowest BCUT2D eigenvalue weighted by Crippen LogP contribution is -2.08. The number of carboxylic acid groups (broad SMARTS) is 1. The van der Waals surface area contributed by atoms with Crippen LogP contribution in [0.25, 0.3) is 0 Å². The molecule has 5 heteroatoms. The first kappa shape index (κ1) is 17.5. The minimum absolute atomic E-state index is 0.0932. The normalized spacial score (nSPS) is 11.6. The Morgan fingerprint density at radius 3 is 2.38 bits per heavy atom. The first-order valence-corrected chi connectivity index (χ1v) is 7.64.